The largest absolute Gasteiger partial charge is 0.494 e. The van der Waals surface area contributed by atoms with E-state index < -0.39 is 11.1 Å². The minimum atomic E-state index is -0.482. The zero-order valence-corrected chi connectivity index (χ0v) is 27.3. The van der Waals surface area contributed by atoms with Crippen LogP contribution < -0.4 is 27.4 Å². The van der Waals surface area contributed by atoms with Crippen molar-refractivity contribution in [1.82, 2.24) is 9.55 Å². The molecule has 0 spiro atoms. The molecule has 0 atom stereocenters. The lowest BCUT2D eigenvalue weighted by Gasteiger charge is -2.24. The van der Waals surface area contributed by atoms with Crippen molar-refractivity contribution in [2.45, 2.75) is 122 Å². The molecule has 1 aliphatic heterocycles. The van der Waals surface area contributed by atoms with Crippen molar-refractivity contribution in [3.8, 4) is 17.0 Å². The van der Waals surface area contributed by atoms with Gasteiger partial charge in [0, 0.05) is 41.7 Å². The summed E-state index contributed by atoms with van der Waals surface area (Å²) in [7, 11) is 0. The van der Waals surface area contributed by atoms with Crippen LogP contribution in [-0.2, 0) is 6.54 Å². The highest BCUT2D eigenvalue weighted by atomic mass is 16.3. The fourth-order valence-corrected chi connectivity index (χ4v) is 9.03. The first kappa shape index (κ1) is 31.2. The normalized spacial score (nSPS) is 19.6. The van der Waals surface area contributed by atoms with Crippen LogP contribution in [0.5, 0.6) is 5.88 Å². The van der Waals surface area contributed by atoms with Crippen LogP contribution in [0, 0.1) is 17.8 Å². The Morgan fingerprint density at radius 1 is 0.739 bits per heavy atom. The molecule has 2 aromatic rings. The van der Waals surface area contributed by atoms with E-state index in [9.17, 15) is 19.5 Å². The third kappa shape index (κ3) is 6.16. The van der Waals surface area contributed by atoms with Crippen LogP contribution in [0.4, 0.5) is 5.69 Å². The SMILES string of the molecule is O=c1[nH]c(=O)c2c(NCCC3CCCCC3)cc3c(O)n(CCC4CCCCC4)c(=O)c4c(=NCCC5CCCCC5)cc1-c2c34. The Labute approximate surface area is 270 Å². The molecule has 4 aliphatic carbocycles. The van der Waals surface area contributed by atoms with Crippen molar-refractivity contribution < 1.29 is 5.11 Å². The van der Waals surface area contributed by atoms with Gasteiger partial charge in [0.1, 0.15) is 0 Å². The highest BCUT2D eigenvalue weighted by Crippen LogP contribution is 2.41. The number of hydrogen-bond donors (Lipinski definition) is 3. The fraction of sp³-hybridized carbons (Fsp3) is 0.632. The number of benzene rings is 2. The monoisotopic (exact) mass is 626 g/mol. The number of pyridine rings is 2. The summed E-state index contributed by atoms with van der Waals surface area (Å²) >= 11 is 0. The molecule has 1 aromatic carbocycles. The number of H-pyrrole nitrogens is 1. The van der Waals surface area contributed by atoms with Crippen LogP contribution in [0.3, 0.4) is 0 Å². The Morgan fingerprint density at radius 2 is 1.35 bits per heavy atom. The van der Waals surface area contributed by atoms with Crippen molar-refractivity contribution in [3.63, 3.8) is 0 Å². The van der Waals surface area contributed by atoms with E-state index in [4.69, 9.17) is 4.99 Å². The zero-order valence-electron chi connectivity index (χ0n) is 27.3. The van der Waals surface area contributed by atoms with Gasteiger partial charge in [-0.05, 0) is 49.1 Å². The predicted octanol–water partition coefficient (Wildman–Crippen LogP) is 7.11. The van der Waals surface area contributed by atoms with Gasteiger partial charge in [-0.1, -0.05) is 96.3 Å². The van der Waals surface area contributed by atoms with Crippen molar-refractivity contribution in [1.29, 1.82) is 0 Å². The second-order valence-electron chi connectivity index (χ2n) is 14.7. The average Bonchev–Trinajstić information content (AvgIpc) is 3.08. The second-order valence-corrected chi connectivity index (χ2v) is 14.7. The van der Waals surface area contributed by atoms with Crippen LogP contribution >= 0.6 is 0 Å². The number of nitrogens with zero attached hydrogens (tertiary/aromatic N) is 2. The number of rotatable bonds is 10. The Bertz CT molecular complexity index is 1860. The molecule has 2 heterocycles. The maximum Gasteiger partial charge on any atom is 0.263 e. The van der Waals surface area contributed by atoms with Crippen LogP contribution in [0.2, 0.25) is 0 Å². The van der Waals surface area contributed by atoms with Crippen molar-refractivity contribution >= 4 is 27.2 Å². The molecular formula is C38H50N4O4. The van der Waals surface area contributed by atoms with E-state index in [0.29, 0.717) is 81.1 Å². The summed E-state index contributed by atoms with van der Waals surface area (Å²) < 4.78 is 1.53. The summed E-state index contributed by atoms with van der Waals surface area (Å²) in [4.78, 5) is 48.7. The van der Waals surface area contributed by atoms with Gasteiger partial charge < -0.3 is 10.4 Å². The number of aromatic nitrogens is 2. The van der Waals surface area contributed by atoms with E-state index in [1.54, 1.807) is 6.07 Å². The number of hydrogen-bond acceptors (Lipinski definition) is 6. The minimum absolute atomic E-state index is 0.0843. The maximum atomic E-state index is 14.4. The van der Waals surface area contributed by atoms with Gasteiger partial charge in [-0.25, -0.2) is 0 Å². The van der Waals surface area contributed by atoms with E-state index in [1.807, 2.05) is 6.07 Å². The van der Waals surface area contributed by atoms with Gasteiger partial charge in [0.25, 0.3) is 16.7 Å². The Kier molecular flexibility index (Phi) is 9.32. The molecule has 1 aromatic heterocycles. The molecule has 0 bridgehead atoms. The van der Waals surface area contributed by atoms with Crippen molar-refractivity contribution in [3.05, 3.63) is 48.6 Å². The summed E-state index contributed by atoms with van der Waals surface area (Å²) in [6, 6.07) is 3.56. The summed E-state index contributed by atoms with van der Waals surface area (Å²) in [5.41, 5.74) is 0.169. The highest BCUT2D eigenvalue weighted by Gasteiger charge is 2.28. The molecule has 46 heavy (non-hydrogen) atoms. The first-order chi connectivity index (χ1) is 22.5. The molecule has 3 N–H and O–H groups in total. The molecule has 0 amide bonds. The predicted molar refractivity (Wildman–Crippen MR) is 186 cm³/mol. The van der Waals surface area contributed by atoms with Gasteiger partial charge in [0.15, 0.2) is 0 Å². The van der Waals surface area contributed by atoms with Crippen molar-refractivity contribution in [2.75, 3.05) is 18.4 Å². The summed E-state index contributed by atoms with van der Waals surface area (Å²) in [6.45, 7) is 1.72. The second kappa shape index (κ2) is 13.7. The lowest BCUT2D eigenvalue weighted by atomic mass is 9.86. The van der Waals surface area contributed by atoms with Gasteiger partial charge in [-0.15, -0.1) is 0 Å². The van der Waals surface area contributed by atoms with Gasteiger partial charge in [-0.2, -0.15) is 0 Å². The van der Waals surface area contributed by atoms with Crippen LogP contribution in [-0.4, -0.2) is 27.7 Å². The van der Waals surface area contributed by atoms with Gasteiger partial charge in [0.05, 0.1) is 21.7 Å². The van der Waals surface area contributed by atoms with Gasteiger partial charge in [-0.3, -0.25) is 28.9 Å². The first-order valence-corrected chi connectivity index (χ1v) is 18.3. The van der Waals surface area contributed by atoms with Gasteiger partial charge >= 0.3 is 0 Å². The van der Waals surface area contributed by atoms with E-state index in [2.05, 4.69) is 10.3 Å². The summed E-state index contributed by atoms with van der Waals surface area (Å²) in [6.07, 6.45) is 21.4. The van der Waals surface area contributed by atoms with E-state index in [0.717, 1.165) is 32.1 Å². The third-order valence-corrected chi connectivity index (χ3v) is 11.7. The smallest absolute Gasteiger partial charge is 0.263 e. The molecule has 8 nitrogen and oxygen atoms in total. The number of aromatic amines is 1. The topological polar surface area (TPSA) is 117 Å². The molecule has 3 fully saturated rings. The number of aromatic hydroxyl groups is 1. The minimum Gasteiger partial charge on any atom is -0.494 e. The molecule has 5 aliphatic rings. The van der Waals surface area contributed by atoms with Crippen LogP contribution in [0.25, 0.3) is 32.7 Å². The summed E-state index contributed by atoms with van der Waals surface area (Å²) in [5, 5.41) is 17.6. The van der Waals surface area contributed by atoms with Crippen LogP contribution in [0.1, 0.15) is 116 Å². The molecule has 7 rings (SSSR count). The van der Waals surface area contributed by atoms with E-state index in [-0.39, 0.29) is 11.4 Å². The molecule has 246 valence electrons. The standard InChI is InChI=1S/C38H50N4O4/c43-35-27-22-30(40-20-17-25-12-6-2-7-13-25)34-32-28(37(45)42(38(34)46)21-18-26-14-8-3-9-15-26)23-29(33(31(27)32)36(44)41-35)39-19-16-24-10-4-1-5-11-24/h22-26,39,45H,1-21H2,(H,41,43,44). The van der Waals surface area contributed by atoms with Gasteiger partial charge in [0.2, 0.25) is 5.88 Å². The molecule has 0 radical (unpaired) electrons. The molecule has 3 saturated carbocycles. The van der Waals surface area contributed by atoms with E-state index in [1.165, 1.54) is 88.0 Å². The lowest BCUT2D eigenvalue weighted by molar-refractivity contribution is 0.313. The zero-order chi connectivity index (χ0) is 31.6. The van der Waals surface area contributed by atoms with E-state index >= 15 is 0 Å². The van der Waals surface area contributed by atoms with Crippen molar-refractivity contribution in [2.24, 2.45) is 22.7 Å². The van der Waals surface area contributed by atoms with Crippen LogP contribution in [0.15, 0.2) is 31.5 Å². The highest BCUT2D eigenvalue weighted by molar-refractivity contribution is 6.18. The number of anilines is 1. The summed E-state index contributed by atoms with van der Waals surface area (Å²) in [5.74, 6) is 1.76. The Hall–Kier alpha value is -3.42. The molecular weight excluding hydrogens is 576 g/mol. The molecule has 0 saturated heterocycles. The first-order valence-electron chi connectivity index (χ1n) is 18.3. The lowest BCUT2D eigenvalue weighted by Crippen LogP contribution is -2.30. The molecule has 8 heteroatoms. The molecule has 0 unspecified atom stereocenters. The Morgan fingerprint density at radius 3 is 2.00 bits per heavy atom. The average molecular weight is 627 g/mol. The maximum absolute atomic E-state index is 14.4. The quantitative estimate of drug-likeness (QED) is 0.162. The number of nitrogens with one attached hydrogen (secondary N) is 2. The third-order valence-electron chi connectivity index (χ3n) is 11.7. The Balaban J connectivity index is 1.37. The fourth-order valence-electron chi connectivity index (χ4n) is 9.03.